The Balaban J connectivity index is 1.85. The highest BCUT2D eigenvalue weighted by Crippen LogP contribution is 2.31. The van der Waals surface area contributed by atoms with Crippen molar-refractivity contribution in [2.75, 3.05) is 6.54 Å². The van der Waals surface area contributed by atoms with E-state index in [4.69, 9.17) is 0 Å². The van der Waals surface area contributed by atoms with E-state index in [-0.39, 0.29) is 0 Å². The summed E-state index contributed by atoms with van der Waals surface area (Å²) in [4.78, 5) is 4.56. The van der Waals surface area contributed by atoms with E-state index < -0.39 is 0 Å². The van der Waals surface area contributed by atoms with E-state index in [1.807, 2.05) is 0 Å². The van der Waals surface area contributed by atoms with Crippen molar-refractivity contribution in [3.8, 4) is 0 Å². The molecule has 1 N–H and O–H groups in total. The minimum atomic E-state index is 0.636. The largest absolute Gasteiger partial charge is 0.314 e. The van der Waals surface area contributed by atoms with Crippen LogP contribution in [0.5, 0.6) is 0 Å². The van der Waals surface area contributed by atoms with Crippen molar-refractivity contribution < 1.29 is 0 Å². The van der Waals surface area contributed by atoms with Crippen LogP contribution < -0.4 is 5.32 Å². The predicted molar refractivity (Wildman–Crippen MR) is 70.0 cm³/mol. The molecular weight excluding hydrogens is 216 g/mol. The number of nitrogens with one attached hydrogen (secondary N) is 1. The van der Waals surface area contributed by atoms with Crippen LogP contribution in [0.4, 0.5) is 0 Å². The molecule has 2 nitrogen and oxygen atoms in total. The minimum Gasteiger partial charge on any atom is -0.314 e. The number of rotatable bonds is 6. The molecule has 0 amide bonds. The van der Waals surface area contributed by atoms with Crippen molar-refractivity contribution in [3.63, 3.8) is 0 Å². The summed E-state index contributed by atoms with van der Waals surface area (Å²) in [6, 6.07) is 0.636. The second kappa shape index (κ2) is 5.78. The monoisotopic (exact) mass is 238 g/mol. The number of aromatic nitrogens is 1. The lowest BCUT2D eigenvalue weighted by atomic mass is 9.80. The van der Waals surface area contributed by atoms with Gasteiger partial charge in [-0.3, -0.25) is 0 Å². The molecule has 1 atom stereocenters. The highest BCUT2D eigenvalue weighted by atomic mass is 32.1. The van der Waals surface area contributed by atoms with Crippen molar-refractivity contribution in [1.29, 1.82) is 0 Å². The third-order valence-electron chi connectivity index (χ3n) is 3.46. The molecule has 1 aromatic heterocycles. The van der Waals surface area contributed by atoms with E-state index in [9.17, 15) is 0 Å². The van der Waals surface area contributed by atoms with Crippen molar-refractivity contribution in [2.45, 2.75) is 52.0 Å². The van der Waals surface area contributed by atoms with Gasteiger partial charge in [-0.25, -0.2) is 4.98 Å². The maximum absolute atomic E-state index is 4.56. The average Bonchev–Trinajstić information content (AvgIpc) is 2.58. The smallest absolute Gasteiger partial charge is 0.0897 e. The lowest BCUT2D eigenvalue weighted by Gasteiger charge is -2.29. The maximum Gasteiger partial charge on any atom is 0.0897 e. The van der Waals surface area contributed by atoms with Crippen LogP contribution in [0.25, 0.3) is 0 Å². The third kappa shape index (κ3) is 3.29. The van der Waals surface area contributed by atoms with Crippen LogP contribution in [0.15, 0.2) is 5.38 Å². The van der Waals surface area contributed by atoms with Crippen LogP contribution in [-0.2, 0) is 6.42 Å². The SMILES string of the molecule is CCNC(Cc1csc(C)n1)CC1CCC1. The summed E-state index contributed by atoms with van der Waals surface area (Å²) in [5.74, 6) is 0.976. The molecule has 0 aliphatic heterocycles. The molecule has 0 aromatic carbocycles. The molecule has 1 aliphatic rings. The number of nitrogens with zero attached hydrogens (tertiary/aromatic N) is 1. The second-order valence-electron chi connectivity index (χ2n) is 4.85. The molecule has 1 saturated carbocycles. The molecule has 90 valence electrons. The van der Waals surface area contributed by atoms with Crippen molar-refractivity contribution in [3.05, 3.63) is 16.1 Å². The van der Waals surface area contributed by atoms with Crippen LogP contribution >= 0.6 is 11.3 Å². The molecule has 1 aliphatic carbocycles. The topological polar surface area (TPSA) is 24.9 Å². The van der Waals surface area contributed by atoms with Gasteiger partial charge in [0.25, 0.3) is 0 Å². The molecule has 0 spiro atoms. The van der Waals surface area contributed by atoms with Gasteiger partial charge in [0.1, 0.15) is 0 Å². The first-order chi connectivity index (χ1) is 7.78. The summed E-state index contributed by atoms with van der Waals surface area (Å²) in [6.45, 7) is 5.35. The third-order valence-corrected chi connectivity index (χ3v) is 4.28. The molecule has 3 heteroatoms. The van der Waals surface area contributed by atoms with Gasteiger partial charge in [0.05, 0.1) is 10.7 Å². The molecule has 16 heavy (non-hydrogen) atoms. The van der Waals surface area contributed by atoms with Gasteiger partial charge in [-0.15, -0.1) is 11.3 Å². The first kappa shape index (κ1) is 12.1. The Morgan fingerprint density at radius 1 is 1.56 bits per heavy atom. The number of likely N-dealkylation sites (N-methyl/N-ethyl adjacent to an activating group) is 1. The summed E-state index contributed by atoms with van der Waals surface area (Å²) in [7, 11) is 0. The molecule has 1 heterocycles. The Hall–Kier alpha value is -0.410. The molecule has 1 fully saturated rings. The van der Waals surface area contributed by atoms with E-state index in [1.54, 1.807) is 11.3 Å². The average molecular weight is 238 g/mol. The van der Waals surface area contributed by atoms with Gasteiger partial charge < -0.3 is 5.32 Å². The highest BCUT2D eigenvalue weighted by molar-refractivity contribution is 7.09. The van der Waals surface area contributed by atoms with Crippen LogP contribution in [0.1, 0.15) is 43.3 Å². The van der Waals surface area contributed by atoms with Crippen molar-refractivity contribution >= 4 is 11.3 Å². The van der Waals surface area contributed by atoms with Gasteiger partial charge in [-0.1, -0.05) is 26.2 Å². The number of hydrogen-bond donors (Lipinski definition) is 1. The van der Waals surface area contributed by atoms with Gasteiger partial charge >= 0.3 is 0 Å². The van der Waals surface area contributed by atoms with Crippen molar-refractivity contribution in [1.82, 2.24) is 10.3 Å². The lowest BCUT2D eigenvalue weighted by Crippen LogP contribution is -2.34. The van der Waals surface area contributed by atoms with E-state index >= 15 is 0 Å². The summed E-state index contributed by atoms with van der Waals surface area (Å²) in [5, 5.41) is 7.00. The summed E-state index contributed by atoms with van der Waals surface area (Å²) in [6.07, 6.45) is 6.77. The molecule has 0 radical (unpaired) electrons. The van der Waals surface area contributed by atoms with Gasteiger partial charge in [-0.05, 0) is 25.8 Å². The standard InChI is InChI=1S/C13H22N2S/c1-3-14-12(7-11-5-4-6-11)8-13-9-16-10(2)15-13/h9,11-12,14H,3-8H2,1-2H3. The number of aryl methyl sites for hydroxylation is 1. The Kier molecular flexibility index (Phi) is 4.36. The van der Waals surface area contributed by atoms with Crippen LogP contribution in [0.3, 0.4) is 0 Å². The van der Waals surface area contributed by atoms with Crippen LogP contribution in [-0.4, -0.2) is 17.6 Å². The Bertz CT molecular complexity index is 317. The Labute approximate surface area is 102 Å². The molecule has 0 saturated heterocycles. The van der Waals surface area contributed by atoms with Gasteiger partial charge in [0.15, 0.2) is 0 Å². The van der Waals surface area contributed by atoms with Gasteiger partial charge in [0, 0.05) is 17.8 Å². The number of hydrogen-bond acceptors (Lipinski definition) is 3. The van der Waals surface area contributed by atoms with E-state index in [2.05, 4.69) is 29.5 Å². The summed E-state index contributed by atoms with van der Waals surface area (Å²) >= 11 is 1.76. The van der Waals surface area contributed by atoms with Crippen molar-refractivity contribution in [2.24, 2.45) is 5.92 Å². The van der Waals surface area contributed by atoms with E-state index in [0.29, 0.717) is 6.04 Å². The molecule has 2 rings (SSSR count). The first-order valence-electron chi connectivity index (χ1n) is 6.42. The van der Waals surface area contributed by atoms with Crippen LogP contribution in [0.2, 0.25) is 0 Å². The second-order valence-corrected chi connectivity index (χ2v) is 5.91. The first-order valence-corrected chi connectivity index (χ1v) is 7.30. The highest BCUT2D eigenvalue weighted by Gasteiger charge is 2.22. The number of thiazole rings is 1. The van der Waals surface area contributed by atoms with E-state index in [1.165, 1.54) is 36.4 Å². The Morgan fingerprint density at radius 3 is 2.88 bits per heavy atom. The quantitative estimate of drug-likeness (QED) is 0.823. The fourth-order valence-corrected chi connectivity index (χ4v) is 3.04. The molecule has 0 bridgehead atoms. The minimum absolute atomic E-state index is 0.636. The zero-order valence-electron chi connectivity index (χ0n) is 10.3. The molecular formula is C13H22N2S. The fourth-order valence-electron chi connectivity index (χ4n) is 2.41. The maximum atomic E-state index is 4.56. The Morgan fingerprint density at radius 2 is 2.38 bits per heavy atom. The normalized spacial score (nSPS) is 18.4. The van der Waals surface area contributed by atoms with Gasteiger partial charge in [0.2, 0.25) is 0 Å². The molecule has 1 unspecified atom stereocenters. The lowest BCUT2D eigenvalue weighted by molar-refractivity contribution is 0.259. The van der Waals surface area contributed by atoms with Gasteiger partial charge in [-0.2, -0.15) is 0 Å². The zero-order chi connectivity index (χ0) is 11.4. The fraction of sp³-hybridized carbons (Fsp3) is 0.769. The van der Waals surface area contributed by atoms with E-state index in [0.717, 1.165) is 18.9 Å². The predicted octanol–water partition coefficient (Wildman–Crippen LogP) is 3.16. The molecule has 1 aromatic rings. The van der Waals surface area contributed by atoms with Crippen LogP contribution in [0, 0.1) is 12.8 Å². The zero-order valence-corrected chi connectivity index (χ0v) is 11.1. The summed E-state index contributed by atoms with van der Waals surface area (Å²) < 4.78 is 0. The summed E-state index contributed by atoms with van der Waals surface area (Å²) in [5.41, 5.74) is 1.27.